The molecule has 1 atom stereocenters. The quantitative estimate of drug-likeness (QED) is 0.659. The Morgan fingerprint density at radius 3 is 2.81 bits per heavy atom. The third-order valence-corrected chi connectivity index (χ3v) is 4.40. The van der Waals surface area contributed by atoms with Crippen molar-refractivity contribution in [2.75, 3.05) is 12.8 Å². The average molecular weight is 298 g/mol. The first-order valence-corrected chi connectivity index (χ1v) is 7.00. The van der Waals surface area contributed by atoms with Gasteiger partial charge in [0.15, 0.2) is 0 Å². The topological polar surface area (TPSA) is 12.0 Å². The van der Waals surface area contributed by atoms with Crippen LogP contribution in [0, 0.1) is 11.8 Å². The van der Waals surface area contributed by atoms with Crippen molar-refractivity contribution in [1.29, 1.82) is 0 Å². The fraction of sp³-hybridized carbons (Fsp3) is 0.385. The van der Waals surface area contributed by atoms with Crippen LogP contribution in [-0.4, -0.2) is 18.8 Å². The van der Waals surface area contributed by atoms with Crippen molar-refractivity contribution in [3.8, 4) is 11.8 Å². The molecule has 1 aromatic rings. The minimum Gasteiger partial charge on any atom is -0.315 e. The lowest BCUT2D eigenvalue weighted by Crippen LogP contribution is -2.27. The average Bonchev–Trinajstić information content (AvgIpc) is 2.31. The third kappa shape index (κ3) is 4.61. The van der Waals surface area contributed by atoms with Crippen LogP contribution in [0.15, 0.2) is 33.6 Å². The van der Waals surface area contributed by atoms with E-state index in [-0.39, 0.29) is 0 Å². The number of rotatable bonds is 5. The van der Waals surface area contributed by atoms with Gasteiger partial charge in [-0.1, -0.05) is 12.1 Å². The lowest BCUT2D eigenvalue weighted by atomic mass is 10.2. The number of nitrogens with one attached hydrogen (secondary N) is 1. The van der Waals surface area contributed by atoms with Gasteiger partial charge in [-0.05, 0) is 42.0 Å². The van der Waals surface area contributed by atoms with Crippen molar-refractivity contribution in [3.63, 3.8) is 0 Å². The largest absolute Gasteiger partial charge is 0.315 e. The van der Waals surface area contributed by atoms with Crippen molar-refractivity contribution in [3.05, 3.63) is 28.7 Å². The molecule has 1 nitrogen and oxygen atoms in total. The minimum atomic E-state index is 0.449. The lowest BCUT2D eigenvalue weighted by Gasteiger charge is -2.13. The zero-order chi connectivity index (χ0) is 11.8. The van der Waals surface area contributed by atoms with Gasteiger partial charge in [0.25, 0.3) is 0 Å². The highest BCUT2D eigenvalue weighted by Crippen LogP contribution is 2.27. The molecule has 1 aromatic carbocycles. The molecule has 16 heavy (non-hydrogen) atoms. The molecule has 0 saturated carbocycles. The first kappa shape index (κ1) is 13.6. The second kappa shape index (κ2) is 7.78. The zero-order valence-electron chi connectivity index (χ0n) is 9.59. The highest BCUT2D eigenvalue weighted by atomic mass is 79.9. The molecule has 0 saturated heterocycles. The summed E-state index contributed by atoms with van der Waals surface area (Å²) in [4.78, 5) is 1.28. The van der Waals surface area contributed by atoms with Crippen molar-refractivity contribution in [2.24, 2.45) is 0 Å². The Hall–Kier alpha value is -0.430. The Labute approximate surface area is 111 Å². The zero-order valence-corrected chi connectivity index (χ0v) is 12.0. The van der Waals surface area contributed by atoms with Crippen molar-refractivity contribution in [1.82, 2.24) is 5.32 Å². The predicted octanol–water partition coefficient (Wildman–Crippen LogP) is 3.54. The fourth-order valence-electron chi connectivity index (χ4n) is 1.22. The molecule has 0 amide bonds. The van der Waals surface area contributed by atoms with Gasteiger partial charge in [-0.25, -0.2) is 0 Å². The SMILES string of the molecule is CC#CCC(CSc1ccccc1Br)NC. The van der Waals surface area contributed by atoms with Gasteiger partial charge in [-0.3, -0.25) is 0 Å². The number of hydrogen-bond donors (Lipinski definition) is 1. The van der Waals surface area contributed by atoms with E-state index in [1.807, 2.05) is 31.8 Å². The van der Waals surface area contributed by atoms with Gasteiger partial charge in [0.2, 0.25) is 0 Å². The maximum absolute atomic E-state index is 3.55. The second-order valence-corrected chi connectivity index (χ2v) is 5.27. The highest BCUT2D eigenvalue weighted by Gasteiger charge is 2.06. The molecule has 0 aliphatic carbocycles. The summed E-state index contributed by atoms with van der Waals surface area (Å²) in [6.45, 7) is 1.88. The van der Waals surface area contributed by atoms with Crippen LogP contribution in [0.25, 0.3) is 0 Å². The number of benzene rings is 1. The Balaban J connectivity index is 2.48. The van der Waals surface area contributed by atoms with E-state index in [0.29, 0.717) is 6.04 Å². The van der Waals surface area contributed by atoms with Crippen LogP contribution >= 0.6 is 27.7 Å². The molecule has 0 aromatic heterocycles. The van der Waals surface area contributed by atoms with E-state index in [1.54, 1.807) is 0 Å². The van der Waals surface area contributed by atoms with Crippen LogP contribution in [0.2, 0.25) is 0 Å². The molecule has 1 rings (SSSR count). The fourth-order valence-corrected chi connectivity index (χ4v) is 2.90. The van der Waals surface area contributed by atoms with Crippen molar-refractivity contribution in [2.45, 2.75) is 24.3 Å². The first-order chi connectivity index (χ1) is 7.77. The molecule has 1 unspecified atom stereocenters. The van der Waals surface area contributed by atoms with E-state index >= 15 is 0 Å². The number of thioether (sulfide) groups is 1. The maximum Gasteiger partial charge on any atom is 0.0311 e. The molecular formula is C13H16BrNS. The van der Waals surface area contributed by atoms with E-state index in [9.17, 15) is 0 Å². The van der Waals surface area contributed by atoms with Gasteiger partial charge in [0, 0.05) is 27.6 Å². The Bertz CT molecular complexity index is 381. The van der Waals surface area contributed by atoms with Crippen LogP contribution in [-0.2, 0) is 0 Å². The number of halogens is 1. The normalized spacial score (nSPS) is 11.7. The van der Waals surface area contributed by atoms with Gasteiger partial charge in [0.05, 0.1) is 0 Å². The summed E-state index contributed by atoms with van der Waals surface area (Å²) >= 11 is 5.40. The second-order valence-electron chi connectivity index (χ2n) is 3.36. The van der Waals surface area contributed by atoms with Gasteiger partial charge >= 0.3 is 0 Å². The van der Waals surface area contributed by atoms with Gasteiger partial charge < -0.3 is 5.32 Å². The summed E-state index contributed by atoms with van der Waals surface area (Å²) in [5.74, 6) is 7.08. The van der Waals surface area contributed by atoms with Crippen LogP contribution in [0.5, 0.6) is 0 Å². The monoisotopic (exact) mass is 297 g/mol. The molecule has 86 valence electrons. The maximum atomic E-state index is 3.55. The molecule has 0 radical (unpaired) electrons. The van der Waals surface area contributed by atoms with E-state index in [0.717, 1.165) is 16.6 Å². The molecule has 0 bridgehead atoms. The molecular weight excluding hydrogens is 282 g/mol. The predicted molar refractivity (Wildman–Crippen MR) is 75.8 cm³/mol. The first-order valence-electron chi connectivity index (χ1n) is 5.22. The van der Waals surface area contributed by atoms with Gasteiger partial charge in [-0.15, -0.1) is 23.6 Å². The lowest BCUT2D eigenvalue weighted by molar-refractivity contribution is 0.636. The standard InChI is InChI=1S/C13H16BrNS/c1-3-4-7-11(15-2)10-16-13-9-6-5-8-12(13)14/h5-6,8-9,11,15H,7,10H2,1-2H3. The van der Waals surface area contributed by atoms with Crippen LogP contribution in [0.3, 0.4) is 0 Å². The van der Waals surface area contributed by atoms with E-state index in [1.165, 1.54) is 4.90 Å². The minimum absolute atomic E-state index is 0.449. The Kier molecular flexibility index (Phi) is 6.63. The summed E-state index contributed by atoms with van der Waals surface area (Å²) < 4.78 is 1.16. The third-order valence-electron chi connectivity index (χ3n) is 2.21. The molecule has 1 N–H and O–H groups in total. The summed E-state index contributed by atoms with van der Waals surface area (Å²) in [6.07, 6.45) is 0.907. The molecule has 0 aliphatic rings. The smallest absolute Gasteiger partial charge is 0.0311 e. The van der Waals surface area contributed by atoms with Crippen LogP contribution in [0.1, 0.15) is 13.3 Å². The Morgan fingerprint density at radius 1 is 1.44 bits per heavy atom. The summed E-state index contributed by atoms with van der Waals surface area (Å²) in [6, 6.07) is 8.75. The molecule has 0 fully saturated rings. The van der Waals surface area contributed by atoms with Crippen molar-refractivity contribution >= 4 is 27.7 Å². The molecule has 0 spiro atoms. The molecule has 0 heterocycles. The summed E-state index contributed by atoms with van der Waals surface area (Å²) in [5, 5.41) is 3.29. The molecule has 3 heteroatoms. The van der Waals surface area contributed by atoms with Crippen LogP contribution in [0.4, 0.5) is 0 Å². The van der Waals surface area contributed by atoms with Crippen molar-refractivity contribution < 1.29 is 0 Å². The molecule has 0 aliphatic heterocycles. The number of hydrogen-bond acceptors (Lipinski definition) is 2. The van der Waals surface area contributed by atoms with E-state index in [2.05, 4.69) is 51.3 Å². The highest BCUT2D eigenvalue weighted by molar-refractivity contribution is 9.10. The van der Waals surface area contributed by atoms with Gasteiger partial charge in [-0.2, -0.15) is 0 Å². The van der Waals surface area contributed by atoms with Gasteiger partial charge in [0.1, 0.15) is 0 Å². The van der Waals surface area contributed by atoms with E-state index < -0.39 is 0 Å². The Morgan fingerprint density at radius 2 is 2.19 bits per heavy atom. The van der Waals surface area contributed by atoms with Crippen LogP contribution < -0.4 is 5.32 Å². The summed E-state index contributed by atoms with van der Waals surface area (Å²) in [5.41, 5.74) is 0. The summed E-state index contributed by atoms with van der Waals surface area (Å²) in [7, 11) is 1.99. The van der Waals surface area contributed by atoms with E-state index in [4.69, 9.17) is 0 Å².